The number of hydrogen-bond donors (Lipinski definition) is 2. The number of amidine groups is 1. The highest BCUT2D eigenvalue weighted by atomic mass is 32.2. The Morgan fingerprint density at radius 1 is 1.47 bits per heavy atom. The molecule has 0 aliphatic carbocycles. The number of carboxylic acid groups (broad SMARTS) is 1. The molecular weight excluding hydrogens is 240 g/mol. The van der Waals surface area contributed by atoms with Crippen LogP contribution in [-0.4, -0.2) is 27.4 Å². The van der Waals surface area contributed by atoms with Crippen LogP contribution in [0.15, 0.2) is 29.3 Å². The molecule has 1 atom stereocenters. The van der Waals surface area contributed by atoms with E-state index < -0.39 is 11.2 Å². The van der Waals surface area contributed by atoms with Crippen LogP contribution in [0.3, 0.4) is 0 Å². The van der Waals surface area contributed by atoms with E-state index >= 15 is 0 Å². The summed E-state index contributed by atoms with van der Waals surface area (Å²) in [5.74, 6) is -1.29. The number of aromatic carboxylic acids is 1. The highest BCUT2D eigenvalue weighted by Crippen LogP contribution is 2.24. The molecule has 0 saturated heterocycles. The minimum atomic E-state index is -0.995. The smallest absolute Gasteiger partial charge is 0.335 e. The Morgan fingerprint density at radius 2 is 2.18 bits per heavy atom. The van der Waals surface area contributed by atoms with E-state index in [-0.39, 0.29) is 16.6 Å². The standard InChI is InChI=1S/C11H10N2O3S/c12-11-13-9(14)8(17-11)5-6-3-1-2-4-7(6)10(15)16/h1-4,8H,5H2,(H,15,16)(H2,12,13,14)/t8-/m0/s1. The minimum Gasteiger partial charge on any atom is -0.478 e. The van der Waals surface area contributed by atoms with Crippen molar-refractivity contribution in [2.24, 2.45) is 10.7 Å². The molecule has 0 unspecified atom stereocenters. The summed E-state index contributed by atoms with van der Waals surface area (Å²) < 4.78 is 0. The van der Waals surface area contributed by atoms with Gasteiger partial charge in [-0.2, -0.15) is 4.99 Å². The Bertz CT molecular complexity index is 513. The van der Waals surface area contributed by atoms with E-state index in [9.17, 15) is 9.59 Å². The van der Waals surface area contributed by atoms with Gasteiger partial charge in [-0.3, -0.25) is 4.79 Å². The molecule has 1 heterocycles. The highest BCUT2D eigenvalue weighted by Gasteiger charge is 2.28. The van der Waals surface area contributed by atoms with Crippen molar-refractivity contribution in [2.45, 2.75) is 11.7 Å². The second-order valence-corrected chi connectivity index (χ2v) is 4.78. The van der Waals surface area contributed by atoms with Gasteiger partial charge in [-0.1, -0.05) is 30.0 Å². The Hall–Kier alpha value is -1.82. The van der Waals surface area contributed by atoms with E-state index in [4.69, 9.17) is 10.8 Å². The number of nitrogens with zero attached hydrogens (tertiary/aromatic N) is 1. The fourth-order valence-corrected chi connectivity index (χ4v) is 2.49. The first-order valence-electron chi connectivity index (χ1n) is 4.94. The maximum atomic E-state index is 11.4. The Labute approximate surface area is 102 Å². The zero-order valence-electron chi connectivity index (χ0n) is 8.79. The molecule has 2 rings (SSSR count). The summed E-state index contributed by atoms with van der Waals surface area (Å²) in [5, 5.41) is 8.85. The maximum absolute atomic E-state index is 11.4. The van der Waals surface area contributed by atoms with Crippen LogP contribution in [0.4, 0.5) is 0 Å². The van der Waals surface area contributed by atoms with E-state index in [0.717, 1.165) is 0 Å². The lowest BCUT2D eigenvalue weighted by Gasteiger charge is -2.08. The summed E-state index contributed by atoms with van der Waals surface area (Å²) in [7, 11) is 0. The van der Waals surface area contributed by atoms with Crippen LogP contribution in [0.1, 0.15) is 15.9 Å². The Kier molecular flexibility index (Phi) is 3.14. The number of rotatable bonds is 3. The number of carbonyl (C=O) groups is 2. The first-order chi connectivity index (χ1) is 8.08. The molecule has 1 aliphatic rings. The fraction of sp³-hybridized carbons (Fsp3) is 0.182. The van der Waals surface area contributed by atoms with Crippen LogP contribution in [0.5, 0.6) is 0 Å². The van der Waals surface area contributed by atoms with Crippen molar-refractivity contribution in [3.8, 4) is 0 Å². The number of carbonyl (C=O) groups excluding carboxylic acids is 1. The van der Waals surface area contributed by atoms with Crippen molar-refractivity contribution in [3.63, 3.8) is 0 Å². The molecule has 1 aromatic rings. The molecule has 1 aromatic carbocycles. The second-order valence-electron chi connectivity index (χ2n) is 3.56. The van der Waals surface area contributed by atoms with Gasteiger partial charge in [-0.25, -0.2) is 4.79 Å². The second kappa shape index (κ2) is 4.58. The van der Waals surface area contributed by atoms with E-state index in [0.29, 0.717) is 12.0 Å². The zero-order chi connectivity index (χ0) is 12.4. The topological polar surface area (TPSA) is 92.8 Å². The molecule has 1 amide bonds. The molecule has 3 N–H and O–H groups in total. The molecule has 0 bridgehead atoms. The van der Waals surface area contributed by atoms with E-state index in [1.165, 1.54) is 17.8 Å². The third kappa shape index (κ3) is 2.47. The zero-order valence-corrected chi connectivity index (χ0v) is 9.61. The van der Waals surface area contributed by atoms with Gasteiger partial charge in [0.2, 0.25) is 0 Å². The molecule has 0 fully saturated rings. The molecule has 6 heteroatoms. The van der Waals surface area contributed by atoms with Crippen LogP contribution in [-0.2, 0) is 11.2 Å². The maximum Gasteiger partial charge on any atom is 0.335 e. The normalized spacial score (nSPS) is 19.2. The van der Waals surface area contributed by atoms with Gasteiger partial charge in [-0.05, 0) is 18.1 Å². The molecular formula is C11H10N2O3S. The number of benzene rings is 1. The van der Waals surface area contributed by atoms with Gasteiger partial charge in [0.1, 0.15) is 0 Å². The first-order valence-corrected chi connectivity index (χ1v) is 5.82. The van der Waals surface area contributed by atoms with Gasteiger partial charge in [0, 0.05) is 0 Å². The average Bonchev–Trinajstić information content (AvgIpc) is 2.58. The third-order valence-corrected chi connectivity index (χ3v) is 3.40. The van der Waals surface area contributed by atoms with E-state index in [1.54, 1.807) is 18.2 Å². The molecule has 0 aromatic heterocycles. The predicted molar refractivity (Wildman–Crippen MR) is 65.1 cm³/mol. The lowest BCUT2D eigenvalue weighted by atomic mass is 10.0. The number of thioether (sulfide) groups is 1. The van der Waals surface area contributed by atoms with Crippen LogP contribution < -0.4 is 5.73 Å². The molecule has 0 spiro atoms. The average molecular weight is 250 g/mol. The van der Waals surface area contributed by atoms with Crippen molar-refractivity contribution in [1.82, 2.24) is 0 Å². The largest absolute Gasteiger partial charge is 0.478 e. The molecule has 88 valence electrons. The van der Waals surface area contributed by atoms with Crippen molar-refractivity contribution in [1.29, 1.82) is 0 Å². The summed E-state index contributed by atoms with van der Waals surface area (Å²) in [6, 6.07) is 6.62. The number of carboxylic acids is 1. The Balaban J connectivity index is 2.20. The van der Waals surface area contributed by atoms with Crippen molar-refractivity contribution in [2.75, 3.05) is 0 Å². The Morgan fingerprint density at radius 3 is 2.76 bits per heavy atom. The quantitative estimate of drug-likeness (QED) is 0.830. The van der Waals surface area contributed by atoms with Crippen molar-refractivity contribution >= 4 is 28.8 Å². The molecule has 5 nitrogen and oxygen atoms in total. The van der Waals surface area contributed by atoms with Crippen LogP contribution >= 0.6 is 11.8 Å². The number of aliphatic imine (C=N–C) groups is 1. The summed E-state index contributed by atoms with van der Waals surface area (Å²) in [5.41, 5.74) is 6.28. The third-order valence-electron chi connectivity index (χ3n) is 2.41. The number of hydrogen-bond acceptors (Lipinski definition) is 4. The molecule has 0 radical (unpaired) electrons. The molecule has 0 saturated carbocycles. The van der Waals surface area contributed by atoms with E-state index in [2.05, 4.69) is 4.99 Å². The first kappa shape index (κ1) is 11.7. The van der Waals surface area contributed by atoms with Crippen LogP contribution in [0.25, 0.3) is 0 Å². The highest BCUT2D eigenvalue weighted by molar-refractivity contribution is 8.15. The summed E-state index contributed by atoms with van der Waals surface area (Å²) in [6.07, 6.45) is 0.330. The van der Waals surface area contributed by atoms with Gasteiger partial charge < -0.3 is 10.8 Å². The van der Waals surface area contributed by atoms with Crippen LogP contribution in [0, 0.1) is 0 Å². The lowest BCUT2D eigenvalue weighted by Crippen LogP contribution is -2.16. The SMILES string of the molecule is NC1=NC(=O)[C@H](Cc2ccccc2C(=O)O)S1. The van der Waals surface area contributed by atoms with Crippen molar-refractivity contribution in [3.05, 3.63) is 35.4 Å². The monoisotopic (exact) mass is 250 g/mol. The summed E-state index contributed by atoms with van der Waals surface area (Å²) >= 11 is 1.17. The van der Waals surface area contributed by atoms with Gasteiger partial charge in [0.25, 0.3) is 5.91 Å². The minimum absolute atomic E-state index is 0.214. The summed E-state index contributed by atoms with van der Waals surface area (Å²) in [6.45, 7) is 0. The molecule has 17 heavy (non-hydrogen) atoms. The van der Waals surface area contributed by atoms with Gasteiger partial charge in [0.15, 0.2) is 5.17 Å². The number of amides is 1. The number of nitrogens with two attached hydrogens (primary N) is 1. The fourth-order valence-electron chi connectivity index (χ4n) is 1.64. The van der Waals surface area contributed by atoms with Gasteiger partial charge >= 0.3 is 5.97 Å². The van der Waals surface area contributed by atoms with Crippen molar-refractivity contribution < 1.29 is 14.7 Å². The van der Waals surface area contributed by atoms with E-state index in [1.807, 2.05) is 0 Å². The summed E-state index contributed by atoms with van der Waals surface area (Å²) in [4.78, 5) is 26.0. The van der Waals surface area contributed by atoms with Gasteiger partial charge in [-0.15, -0.1) is 0 Å². The lowest BCUT2D eigenvalue weighted by molar-refractivity contribution is -0.117. The molecule has 1 aliphatic heterocycles. The predicted octanol–water partition coefficient (Wildman–Crippen LogP) is 0.884. The van der Waals surface area contributed by atoms with Gasteiger partial charge in [0.05, 0.1) is 10.8 Å². The van der Waals surface area contributed by atoms with Crippen LogP contribution in [0.2, 0.25) is 0 Å².